The number of carbonyl (C=O) groups excluding carboxylic acids is 2. The van der Waals surface area contributed by atoms with Crippen LogP contribution in [-0.4, -0.2) is 35.5 Å². The minimum absolute atomic E-state index is 0.247. The SMILES string of the molecule is CCCCCNc1cc(C(=O)Nc2cccc(C(=O)OC)c2)ncn1. The van der Waals surface area contributed by atoms with E-state index in [1.54, 1.807) is 30.3 Å². The quantitative estimate of drug-likeness (QED) is 0.565. The van der Waals surface area contributed by atoms with Crippen LogP contribution in [0.2, 0.25) is 0 Å². The first-order valence-corrected chi connectivity index (χ1v) is 8.19. The standard InChI is InChI=1S/C18H22N4O3/c1-3-4-5-9-19-16-11-15(20-12-21-16)17(23)22-14-8-6-7-13(10-14)18(24)25-2/h6-8,10-12H,3-5,9H2,1-2H3,(H,22,23)(H,19,20,21). The van der Waals surface area contributed by atoms with E-state index in [0.717, 1.165) is 25.8 Å². The highest BCUT2D eigenvalue weighted by molar-refractivity contribution is 6.03. The number of anilines is 2. The normalized spacial score (nSPS) is 10.2. The lowest BCUT2D eigenvalue weighted by Gasteiger charge is -2.08. The molecule has 2 N–H and O–H groups in total. The molecule has 0 aliphatic rings. The topological polar surface area (TPSA) is 93.2 Å². The maximum absolute atomic E-state index is 12.3. The first kappa shape index (κ1) is 18.4. The monoisotopic (exact) mass is 342 g/mol. The van der Waals surface area contributed by atoms with Gasteiger partial charge in [-0.3, -0.25) is 4.79 Å². The van der Waals surface area contributed by atoms with E-state index < -0.39 is 5.97 Å². The van der Waals surface area contributed by atoms with Gasteiger partial charge in [-0.15, -0.1) is 0 Å². The van der Waals surface area contributed by atoms with Crippen LogP contribution in [0.3, 0.4) is 0 Å². The molecule has 132 valence electrons. The Morgan fingerprint density at radius 1 is 1.16 bits per heavy atom. The van der Waals surface area contributed by atoms with Gasteiger partial charge in [0.05, 0.1) is 12.7 Å². The molecule has 0 fully saturated rings. The first-order chi connectivity index (χ1) is 12.1. The molecule has 2 aromatic rings. The Labute approximate surface area is 146 Å². The van der Waals surface area contributed by atoms with E-state index >= 15 is 0 Å². The molecule has 1 amide bonds. The summed E-state index contributed by atoms with van der Waals surface area (Å²) < 4.78 is 4.67. The number of benzene rings is 1. The lowest BCUT2D eigenvalue weighted by molar-refractivity contribution is 0.0600. The van der Waals surface area contributed by atoms with Crippen LogP contribution in [0.5, 0.6) is 0 Å². The number of amides is 1. The van der Waals surface area contributed by atoms with Crippen LogP contribution in [0.4, 0.5) is 11.5 Å². The van der Waals surface area contributed by atoms with Crippen LogP contribution in [0.1, 0.15) is 47.0 Å². The van der Waals surface area contributed by atoms with Gasteiger partial charge in [-0.2, -0.15) is 0 Å². The molecule has 25 heavy (non-hydrogen) atoms. The summed E-state index contributed by atoms with van der Waals surface area (Å²) >= 11 is 0. The average molecular weight is 342 g/mol. The molecule has 0 aliphatic carbocycles. The molecule has 0 bridgehead atoms. The van der Waals surface area contributed by atoms with E-state index in [0.29, 0.717) is 17.1 Å². The summed E-state index contributed by atoms with van der Waals surface area (Å²) in [5, 5.41) is 5.89. The average Bonchev–Trinajstić information content (AvgIpc) is 2.65. The predicted octanol–water partition coefficient (Wildman–Crippen LogP) is 3.12. The maximum atomic E-state index is 12.3. The number of unbranched alkanes of at least 4 members (excludes halogenated alkanes) is 2. The van der Waals surface area contributed by atoms with Crippen molar-refractivity contribution in [1.82, 2.24) is 9.97 Å². The smallest absolute Gasteiger partial charge is 0.337 e. The fourth-order valence-corrected chi connectivity index (χ4v) is 2.21. The number of hydrogen-bond donors (Lipinski definition) is 2. The Kier molecular flexibility index (Phi) is 6.88. The lowest BCUT2D eigenvalue weighted by Crippen LogP contribution is -2.15. The Balaban J connectivity index is 2.02. The Morgan fingerprint density at radius 3 is 2.76 bits per heavy atom. The summed E-state index contributed by atoms with van der Waals surface area (Å²) in [7, 11) is 1.31. The largest absolute Gasteiger partial charge is 0.465 e. The third-order valence-corrected chi connectivity index (χ3v) is 3.53. The number of nitrogens with one attached hydrogen (secondary N) is 2. The van der Waals surface area contributed by atoms with Crippen LogP contribution in [0, 0.1) is 0 Å². The van der Waals surface area contributed by atoms with Crippen molar-refractivity contribution in [3.63, 3.8) is 0 Å². The highest BCUT2D eigenvalue weighted by atomic mass is 16.5. The molecule has 7 nitrogen and oxygen atoms in total. The number of carbonyl (C=O) groups is 2. The number of esters is 1. The summed E-state index contributed by atoms with van der Waals surface area (Å²) in [6, 6.07) is 8.13. The second kappa shape index (κ2) is 9.36. The van der Waals surface area contributed by atoms with Crippen molar-refractivity contribution in [1.29, 1.82) is 0 Å². The molecule has 0 radical (unpaired) electrons. The number of hydrogen-bond acceptors (Lipinski definition) is 6. The van der Waals surface area contributed by atoms with Crippen molar-refractivity contribution < 1.29 is 14.3 Å². The number of rotatable bonds is 8. The van der Waals surface area contributed by atoms with E-state index in [2.05, 4.69) is 32.3 Å². The molecule has 0 spiro atoms. The maximum Gasteiger partial charge on any atom is 0.337 e. The Morgan fingerprint density at radius 2 is 2.00 bits per heavy atom. The van der Waals surface area contributed by atoms with Crippen molar-refractivity contribution in [3.05, 3.63) is 47.9 Å². The van der Waals surface area contributed by atoms with Crippen molar-refractivity contribution in [2.75, 3.05) is 24.3 Å². The fourth-order valence-electron chi connectivity index (χ4n) is 2.21. The van der Waals surface area contributed by atoms with Gasteiger partial charge < -0.3 is 15.4 Å². The van der Waals surface area contributed by atoms with Crippen molar-refractivity contribution in [2.24, 2.45) is 0 Å². The summed E-state index contributed by atoms with van der Waals surface area (Å²) in [4.78, 5) is 32.0. The van der Waals surface area contributed by atoms with Gasteiger partial charge in [0.2, 0.25) is 0 Å². The number of aromatic nitrogens is 2. The fraction of sp³-hybridized carbons (Fsp3) is 0.333. The number of nitrogens with zero attached hydrogens (tertiary/aromatic N) is 2. The zero-order valence-corrected chi connectivity index (χ0v) is 14.4. The van der Waals surface area contributed by atoms with Gasteiger partial charge in [-0.1, -0.05) is 25.8 Å². The van der Waals surface area contributed by atoms with E-state index in [9.17, 15) is 9.59 Å². The molecular weight excluding hydrogens is 320 g/mol. The van der Waals surface area contributed by atoms with Crippen LogP contribution in [-0.2, 0) is 4.74 Å². The van der Waals surface area contributed by atoms with E-state index in [4.69, 9.17) is 0 Å². The second-order valence-corrected chi connectivity index (χ2v) is 5.45. The predicted molar refractivity (Wildman–Crippen MR) is 95.8 cm³/mol. The zero-order chi connectivity index (χ0) is 18.1. The molecule has 0 aliphatic heterocycles. The highest BCUT2D eigenvalue weighted by Crippen LogP contribution is 2.13. The molecule has 0 saturated carbocycles. The number of ether oxygens (including phenoxy) is 1. The Bertz CT molecular complexity index is 734. The van der Waals surface area contributed by atoms with E-state index in [1.807, 2.05) is 0 Å². The van der Waals surface area contributed by atoms with E-state index in [1.165, 1.54) is 13.4 Å². The Hall–Kier alpha value is -2.96. The van der Waals surface area contributed by atoms with E-state index in [-0.39, 0.29) is 11.6 Å². The van der Waals surface area contributed by atoms with Crippen molar-refractivity contribution in [3.8, 4) is 0 Å². The summed E-state index contributed by atoms with van der Waals surface area (Å²) in [5.41, 5.74) is 1.10. The molecular formula is C18H22N4O3. The molecule has 1 aromatic heterocycles. The van der Waals surface area contributed by atoms with Crippen LogP contribution in [0.15, 0.2) is 36.7 Å². The van der Waals surface area contributed by atoms with Crippen LogP contribution < -0.4 is 10.6 Å². The molecule has 1 heterocycles. The van der Waals surface area contributed by atoms with Gasteiger partial charge >= 0.3 is 5.97 Å². The summed E-state index contributed by atoms with van der Waals surface area (Å²) in [6.45, 7) is 2.94. The molecule has 7 heteroatoms. The lowest BCUT2D eigenvalue weighted by atomic mass is 10.2. The first-order valence-electron chi connectivity index (χ1n) is 8.19. The van der Waals surface area contributed by atoms with Gasteiger partial charge in [0, 0.05) is 18.3 Å². The highest BCUT2D eigenvalue weighted by Gasteiger charge is 2.11. The molecule has 0 atom stereocenters. The van der Waals surface area contributed by atoms with Gasteiger partial charge in [0.25, 0.3) is 5.91 Å². The second-order valence-electron chi connectivity index (χ2n) is 5.45. The number of methoxy groups -OCH3 is 1. The minimum atomic E-state index is -0.461. The van der Waals surface area contributed by atoms with Gasteiger partial charge in [-0.05, 0) is 24.6 Å². The summed E-state index contributed by atoms with van der Waals surface area (Å²) in [5.74, 6) is -0.225. The van der Waals surface area contributed by atoms with Crippen molar-refractivity contribution in [2.45, 2.75) is 26.2 Å². The molecule has 1 aromatic carbocycles. The van der Waals surface area contributed by atoms with Gasteiger partial charge in [0.1, 0.15) is 17.8 Å². The van der Waals surface area contributed by atoms with Crippen molar-refractivity contribution >= 4 is 23.4 Å². The third-order valence-electron chi connectivity index (χ3n) is 3.53. The molecule has 0 saturated heterocycles. The molecule has 0 unspecified atom stereocenters. The minimum Gasteiger partial charge on any atom is -0.465 e. The summed E-state index contributed by atoms with van der Waals surface area (Å²) in [6.07, 6.45) is 4.68. The molecule has 2 rings (SSSR count). The van der Waals surface area contributed by atoms with Gasteiger partial charge in [-0.25, -0.2) is 14.8 Å². The van der Waals surface area contributed by atoms with Crippen LogP contribution >= 0.6 is 0 Å². The zero-order valence-electron chi connectivity index (χ0n) is 14.4. The van der Waals surface area contributed by atoms with Gasteiger partial charge in [0.15, 0.2) is 0 Å². The third kappa shape index (κ3) is 5.56. The van der Waals surface area contributed by atoms with Crippen LogP contribution in [0.25, 0.3) is 0 Å².